The van der Waals surface area contributed by atoms with E-state index in [1.54, 1.807) is 13.2 Å². The van der Waals surface area contributed by atoms with Crippen LogP contribution in [0.3, 0.4) is 0 Å². The summed E-state index contributed by atoms with van der Waals surface area (Å²) in [5.74, 6) is 1.09. The number of nitrogens with one attached hydrogen (secondary N) is 1. The van der Waals surface area contributed by atoms with Crippen LogP contribution in [-0.2, 0) is 0 Å². The minimum Gasteiger partial charge on any atom is -0.479 e. The molecule has 2 heterocycles. The van der Waals surface area contributed by atoms with Gasteiger partial charge in [0.2, 0.25) is 5.88 Å². The summed E-state index contributed by atoms with van der Waals surface area (Å²) in [6.07, 6.45) is 1.63. The van der Waals surface area contributed by atoms with E-state index in [4.69, 9.17) is 10.00 Å². The van der Waals surface area contributed by atoms with Crippen molar-refractivity contribution in [3.8, 4) is 11.9 Å². The highest BCUT2D eigenvalue weighted by Crippen LogP contribution is 2.28. The summed E-state index contributed by atoms with van der Waals surface area (Å²) in [4.78, 5) is 9.09. The Balaban J connectivity index is 2.07. The smallest absolute Gasteiger partial charge is 0.239 e. The van der Waals surface area contributed by atoms with Gasteiger partial charge in [0.25, 0.3) is 0 Å². The third kappa shape index (κ3) is 3.89. The normalized spacial score (nSPS) is 16.7. The van der Waals surface area contributed by atoms with Gasteiger partial charge in [0.15, 0.2) is 0 Å². The first kappa shape index (κ1) is 16.1. The molecule has 1 aromatic rings. The van der Waals surface area contributed by atoms with Crippen LogP contribution in [0.5, 0.6) is 5.88 Å². The molecule has 0 spiro atoms. The minimum atomic E-state index is -0.231. The van der Waals surface area contributed by atoms with Crippen LogP contribution in [0.2, 0.25) is 0 Å². The summed E-state index contributed by atoms with van der Waals surface area (Å²) in [6.45, 7) is 8.13. The molecule has 0 aromatic carbocycles. The van der Waals surface area contributed by atoms with Gasteiger partial charge in [-0.1, -0.05) is 6.08 Å². The maximum Gasteiger partial charge on any atom is 0.239 e. The molecule has 1 fully saturated rings. The molecular formula is C16H23N5O. The molecule has 1 aromatic heterocycles. The summed E-state index contributed by atoms with van der Waals surface area (Å²) in [5, 5.41) is 12.1. The molecule has 1 N–H and O–H groups in total. The Hall–Kier alpha value is -2.26. The Morgan fingerprint density at radius 1 is 1.45 bits per heavy atom. The molecule has 6 heteroatoms. The van der Waals surface area contributed by atoms with Crippen LogP contribution in [0, 0.1) is 17.2 Å². The number of anilines is 2. The average molecular weight is 301 g/mol. The van der Waals surface area contributed by atoms with Gasteiger partial charge in [0, 0.05) is 32.7 Å². The van der Waals surface area contributed by atoms with Gasteiger partial charge in [-0.05, 0) is 19.2 Å². The summed E-state index contributed by atoms with van der Waals surface area (Å²) in [6, 6.07) is 6.11. The first-order valence-corrected chi connectivity index (χ1v) is 7.42. The van der Waals surface area contributed by atoms with Crippen LogP contribution in [0.15, 0.2) is 24.8 Å². The lowest BCUT2D eigenvalue weighted by atomic mass is 10.2. The van der Waals surface area contributed by atoms with E-state index < -0.39 is 0 Å². The van der Waals surface area contributed by atoms with Crippen LogP contribution in [0.1, 0.15) is 0 Å². The molecule has 1 saturated heterocycles. The second-order valence-electron chi connectivity index (χ2n) is 5.37. The average Bonchev–Trinajstić information content (AvgIpc) is 2.56. The molecule has 0 saturated carbocycles. The van der Waals surface area contributed by atoms with Gasteiger partial charge in [0.05, 0.1) is 19.1 Å². The van der Waals surface area contributed by atoms with Crippen molar-refractivity contribution in [2.75, 3.05) is 57.1 Å². The van der Waals surface area contributed by atoms with Crippen LogP contribution >= 0.6 is 0 Å². The van der Waals surface area contributed by atoms with E-state index in [1.165, 1.54) is 0 Å². The van der Waals surface area contributed by atoms with E-state index in [-0.39, 0.29) is 5.92 Å². The minimum absolute atomic E-state index is 0.231. The van der Waals surface area contributed by atoms with E-state index in [2.05, 4.69) is 39.8 Å². The fraction of sp³-hybridized carbons (Fsp3) is 0.500. The monoisotopic (exact) mass is 301 g/mol. The van der Waals surface area contributed by atoms with Crippen molar-refractivity contribution in [2.45, 2.75) is 0 Å². The van der Waals surface area contributed by atoms with Gasteiger partial charge in [-0.3, -0.25) is 0 Å². The third-order valence-electron chi connectivity index (χ3n) is 3.83. The van der Waals surface area contributed by atoms with E-state index in [1.807, 2.05) is 12.1 Å². The number of methoxy groups -OCH3 is 1. The number of aromatic nitrogens is 1. The number of rotatable bonds is 6. The van der Waals surface area contributed by atoms with Crippen molar-refractivity contribution >= 4 is 11.5 Å². The maximum atomic E-state index is 8.92. The highest BCUT2D eigenvalue weighted by Gasteiger charge is 2.18. The Kier molecular flexibility index (Phi) is 5.61. The first-order valence-electron chi connectivity index (χ1n) is 7.42. The highest BCUT2D eigenvalue weighted by molar-refractivity contribution is 5.59. The topological polar surface area (TPSA) is 64.4 Å². The quantitative estimate of drug-likeness (QED) is 0.805. The van der Waals surface area contributed by atoms with E-state index >= 15 is 0 Å². The van der Waals surface area contributed by atoms with E-state index in [0.29, 0.717) is 18.2 Å². The summed E-state index contributed by atoms with van der Waals surface area (Å²) < 4.78 is 5.43. The van der Waals surface area contributed by atoms with Crippen molar-refractivity contribution in [3.05, 3.63) is 24.8 Å². The summed E-state index contributed by atoms with van der Waals surface area (Å²) in [7, 11) is 3.76. The molecule has 0 aliphatic carbocycles. The number of likely N-dealkylation sites (N-methyl/N-ethyl adjacent to an activating group) is 1. The fourth-order valence-electron chi connectivity index (χ4n) is 2.37. The molecule has 0 amide bonds. The Morgan fingerprint density at radius 2 is 2.18 bits per heavy atom. The molecule has 6 nitrogen and oxygen atoms in total. The molecule has 22 heavy (non-hydrogen) atoms. The van der Waals surface area contributed by atoms with Gasteiger partial charge < -0.3 is 19.9 Å². The van der Waals surface area contributed by atoms with Crippen molar-refractivity contribution in [3.63, 3.8) is 0 Å². The van der Waals surface area contributed by atoms with Gasteiger partial charge in [-0.15, -0.1) is 6.58 Å². The predicted molar refractivity (Wildman–Crippen MR) is 88.3 cm³/mol. The zero-order valence-electron chi connectivity index (χ0n) is 13.2. The molecule has 0 bridgehead atoms. The SMILES string of the molecule is C=CC(C#N)CNc1ccc(N2CCN(C)CC2)c(OC)n1. The third-order valence-corrected chi connectivity index (χ3v) is 3.83. The zero-order valence-corrected chi connectivity index (χ0v) is 13.2. The van der Waals surface area contributed by atoms with Crippen LogP contribution < -0.4 is 15.0 Å². The number of ether oxygens (including phenoxy) is 1. The molecule has 1 atom stereocenters. The highest BCUT2D eigenvalue weighted by atomic mass is 16.5. The van der Waals surface area contributed by atoms with Gasteiger partial charge in [-0.25, -0.2) is 0 Å². The summed E-state index contributed by atoms with van der Waals surface area (Å²) in [5.41, 5.74) is 1.02. The van der Waals surface area contributed by atoms with Crippen LogP contribution in [-0.4, -0.2) is 56.8 Å². The molecule has 0 radical (unpaired) electrons. The standard InChI is InChI=1S/C16H23N5O/c1-4-13(11-17)12-18-15-6-5-14(16(19-15)22-3)21-9-7-20(2)8-10-21/h4-6,13H,1,7-10,12H2,2-3H3,(H,18,19). The van der Waals surface area contributed by atoms with Gasteiger partial charge in [0.1, 0.15) is 11.5 Å². The van der Waals surface area contributed by atoms with Gasteiger partial charge in [-0.2, -0.15) is 10.2 Å². The fourth-order valence-corrected chi connectivity index (χ4v) is 2.37. The molecule has 1 unspecified atom stereocenters. The lowest BCUT2D eigenvalue weighted by Crippen LogP contribution is -2.44. The number of nitrogens with zero attached hydrogens (tertiary/aromatic N) is 4. The molecule has 2 rings (SSSR count). The van der Waals surface area contributed by atoms with Crippen molar-refractivity contribution in [1.29, 1.82) is 5.26 Å². The number of hydrogen-bond acceptors (Lipinski definition) is 6. The Labute approximate surface area is 132 Å². The number of pyridine rings is 1. The Bertz CT molecular complexity index is 546. The largest absolute Gasteiger partial charge is 0.479 e. The molecule has 118 valence electrons. The molecule has 1 aliphatic heterocycles. The van der Waals surface area contributed by atoms with Crippen LogP contribution in [0.4, 0.5) is 11.5 Å². The lowest BCUT2D eigenvalue weighted by molar-refractivity contribution is 0.310. The van der Waals surface area contributed by atoms with Crippen molar-refractivity contribution < 1.29 is 4.74 Å². The summed E-state index contributed by atoms with van der Waals surface area (Å²) >= 11 is 0. The second kappa shape index (κ2) is 7.66. The first-order chi connectivity index (χ1) is 10.7. The van der Waals surface area contributed by atoms with Gasteiger partial charge >= 0.3 is 0 Å². The number of hydrogen-bond donors (Lipinski definition) is 1. The molecular weight excluding hydrogens is 278 g/mol. The van der Waals surface area contributed by atoms with E-state index in [9.17, 15) is 0 Å². The Morgan fingerprint density at radius 3 is 2.77 bits per heavy atom. The number of piperazine rings is 1. The second-order valence-corrected chi connectivity index (χ2v) is 5.37. The van der Waals surface area contributed by atoms with Crippen LogP contribution in [0.25, 0.3) is 0 Å². The van der Waals surface area contributed by atoms with E-state index in [0.717, 1.165) is 31.9 Å². The van der Waals surface area contributed by atoms with Crippen molar-refractivity contribution in [2.24, 2.45) is 5.92 Å². The number of nitriles is 1. The van der Waals surface area contributed by atoms with Crippen molar-refractivity contribution in [1.82, 2.24) is 9.88 Å². The molecule has 1 aliphatic rings. The zero-order chi connectivity index (χ0) is 15.9. The maximum absolute atomic E-state index is 8.92. The lowest BCUT2D eigenvalue weighted by Gasteiger charge is -2.34. The predicted octanol–water partition coefficient (Wildman–Crippen LogP) is 1.58.